The van der Waals surface area contributed by atoms with Gasteiger partial charge in [0.15, 0.2) is 0 Å². The number of nitrogens with zero attached hydrogens (tertiary/aromatic N) is 2. The predicted molar refractivity (Wildman–Crippen MR) is 96.8 cm³/mol. The van der Waals surface area contributed by atoms with E-state index in [0.717, 1.165) is 24.4 Å². The van der Waals surface area contributed by atoms with Crippen LogP contribution in [-0.2, 0) is 15.1 Å². The topological polar surface area (TPSA) is 71.1 Å². The van der Waals surface area contributed by atoms with Crippen LogP contribution in [0.5, 0.6) is 5.75 Å². The highest BCUT2D eigenvalue weighted by Crippen LogP contribution is 2.30. The Balaban J connectivity index is 1.70. The van der Waals surface area contributed by atoms with Crippen molar-refractivity contribution in [3.8, 4) is 5.75 Å². The van der Waals surface area contributed by atoms with Gasteiger partial charge in [-0.2, -0.15) is 0 Å². The van der Waals surface area contributed by atoms with Gasteiger partial charge in [-0.1, -0.05) is 26.0 Å². The second-order valence-corrected chi connectivity index (χ2v) is 7.39. The summed E-state index contributed by atoms with van der Waals surface area (Å²) in [5.41, 5.74) is -0.308. The molecule has 26 heavy (non-hydrogen) atoms. The molecule has 2 saturated heterocycles. The van der Waals surface area contributed by atoms with Gasteiger partial charge in [0, 0.05) is 13.1 Å². The first-order valence-corrected chi connectivity index (χ1v) is 9.07. The number of morpholine rings is 1. The summed E-state index contributed by atoms with van der Waals surface area (Å²) in [6.07, 6.45) is 0. The van der Waals surface area contributed by atoms with Crippen LogP contribution in [0.15, 0.2) is 24.3 Å². The smallest absolute Gasteiger partial charge is 0.326 e. The van der Waals surface area contributed by atoms with Gasteiger partial charge in [0.1, 0.15) is 11.3 Å². The van der Waals surface area contributed by atoms with E-state index in [1.165, 1.54) is 4.90 Å². The van der Waals surface area contributed by atoms with Crippen LogP contribution in [0.4, 0.5) is 4.79 Å². The molecular weight excluding hydrogens is 334 g/mol. The Morgan fingerprint density at radius 1 is 1.19 bits per heavy atom. The van der Waals surface area contributed by atoms with E-state index in [9.17, 15) is 9.59 Å². The zero-order valence-electron chi connectivity index (χ0n) is 15.7. The first-order chi connectivity index (χ1) is 12.4. The lowest BCUT2D eigenvalue weighted by atomic mass is 9.92. The van der Waals surface area contributed by atoms with E-state index >= 15 is 0 Å². The van der Waals surface area contributed by atoms with Crippen molar-refractivity contribution in [2.24, 2.45) is 5.92 Å². The number of nitrogens with one attached hydrogen (secondary N) is 1. The number of carbonyl (C=O) groups excluding carboxylic acids is 2. The second-order valence-electron chi connectivity index (χ2n) is 7.39. The van der Waals surface area contributed by atoms with Crippen molar-refractivity contribution in [1.82, 2.24) is 15.1 Å². The Labute approximate surface area is 154 Å². The molecule has 1 N–H and O–H groups in total. The molecule has 1 aromatic rings. The standard InChI is InChI=1S/C19H27N3O4/c1-14(2)12-26-16-6-4-15(5-7-16)19(3)17(23)22(18(24)20-19)13-21-8-10-25-11-9-21/h4-7,14H,8-13H2,1-3H3,(H,20,24). The third kappa shape index (κ3) is 3.83. The van der Waals surface area contributed by atoms with Crippen LogP contribution in [-0.4, -0.2) is 61.3 Å². The Kier molecular flexibility index (Phi) is 5.48. The number of rotatable bonds is 6. The van der Waals surface area contributed by atoms with Crippen molar-refractivity contribution in [2.45, 2.75) is 26.3 Å². The molecule has 142 valence electrons. The highest BCUT2D eigenvalue weighted by atomic mass is 16.5. The number of benzene rings is 1. The maximum absolute atomic E-state index is 13.0. The third-order valence-electron chi connectivity index (χ3n) is 4.74. The summed E-state index contributed by atoms with van der Waals surface area (Å²) in [4.78, 5) is 28.7. The van der Waals surface area contributed by atoms with Gasteiger partial charge in [-0.25, -0.2) is 9.69 Å². The van der Waals surface area contributed by atoms with Gasteiger partial charge in [-0.05, 0) is 30.5 Å². The molecule has 1 unspecified atom stereocenters. The summed E-state index contributed by atoms with van der Waals surface area (Å²) in [6, 6.07) is 7.00. The van der Waals surface area contributed by atoms with Crippen LogP contribution in [0, 0.1) is 5.92 Å². The molecule has 0 bridgehead atoms. The lowest BCUT2D eigenvalue weighted by Crippen LogP contribution is -2.47. The van der Waals surface area contributed by atoms with Gasteiger partial charge < -0.3 is 14.8 Å². The number of urea groups is 1. The van der Waals surface area contributed by atoms with Gasteiger partial charge in [-0.3, -0.25) is 9.69 Å². The molecule has 1 atom stereocenters. The molecule has 0 aliphatic carbocycles. The van der Waals surface area contributed by atoms with E-state index in [1.54, 1.807) is 6.92 Å². The molecule has 2 fully saturated rings. The lowest BCUT2D eigenvalue weighted by Gasteiger charge is -2.30. The van der Waals surface area contributed by atoms with Crippen molar-refractivity contribution in [2.75, 3.05) is 39.6 Å². The number of carbonyl (C=O) groups is 2. The summed E-state index contributed by atoms with van der Waals surface area (Å²) in [6.45, 7) is 9.54. The Morgan fingerprint density at radius 2 is 1.85 bits per heavy atom. The summed E-state index contributed by atoms with van der Waals surface area (Å²) in [5.74, 6) is 0.967. The van der Waals surface area contributed by atoms with Gasteiger partial charge in [0.25, 0.3) is 5.91 Å². The molecule has 3 rings (SSSR count). The average Bonchev–Trinajstić information content (AvgIpc) is 2.85. The highest BCUT2D eigenvalue weighted by Gasteiger charge is 2.49. The highest BCUT2D eigenvalue weighted by molar-refractivity contribution is 6.07. The first-order valence-electron chi connectivity index (χ1n) is 9.07. The summed E-state index contributed by atoms with van der Waals surface area (Å²) in [5, 5.41) is 2.84. The quantitative estimate of drug-likeness (QED) is 0.782. The molecule has 2 aliphatic rings. The zero-order chi connectivity index (χ0) is 18.7. The minimum absolute atomic E-state index is 0.232. The molecule has 0 spiro atoms. The number of hydrogen-bond acceptors (Lipinski definition) is 5. The Bertz CT molecular complexity index is 655. The van der Waals surface area contributed by atoms with Gasteiger partial charge >= 0.3 is 6.03 Å². The second kappa shape index (κ2) is 7.63. The van der Waals surface area contributed by atoms with Crippen molar-refractivity contribution in [3.05, 3.63) is 29.8 Å². The number of amides is 3. The molecule has 3 amide bonds. The van der Waals surface area contributed by atoms with Gasteiger partial charge in [0.2, 0.25) is 0 Å². The lowest BCUT2D eigenvalue weighted by molar-refractivity contribution is -0.133. The van der Waals surface area contributed by atoms with Crippen molar-refractivity contribution >= 4 is 11.9 Å². The monoisotopic (exact) mass is 361 g/mol. The first kappa shape index (κ1) is 18.7. The number of hydrogen-bond donors (Lipinski definition) is 1. The van der Waals surface area contributed by atoms with Crippen LogP contribution in [0.1, 0.15) is 26.3 Å². The molecule has 7 heteroatoms. The third-order valence-corrected chi connectivity index (χ3v) is 4.74. The summed E-state index contributed by atoms with van der Waals surface area (Å²) >= 11 is 0. The van der Waals surface area contributed by atoms with Crippen LogP contribution in [0.25, 0.3) is 0 Å². The van der Waals surface area contributed by atoms with Crippen molar-refractivity contribution < 1.29 is 19.1 Å². The molecule has 0 radical (unpaired) electrons. The normalized spacial score (nSPS) is 24.2. The average molecular weight is 361 g/mol. The Hall–Kier alpha value is -2.12. The fourth-order valence-corrected chi connectivity index (χ4v) is 3.11. The van der Waals surface area contributed by atoms with Crippen molar-refractivity contribution in [1.29, 1.82) is 0 Å². The molecule has 0 saturated carbocycles. The van der Waals surface area contributed by atoms with Crippen LogP contribution in [0.3, 0.4) is 0 Å². The van der Waals surface area contributed by atoms with E-state index in [0.29, 0.717) is 32.4 Å². The van der Waals surface area contributed by atoms with Crippen molar-refractivity contribution in [3.63, 3.8) is 0 Å². The summed E-state index contributed by atoms with van der Waals surface area (Å²) < 4.78 is 11.0. The number of ether oxygens (including phenoxy) is 2. The van der Waals surface area contributed by atoms with Crippen LogP contribution < -0.4 is 10.1 Å². The predicted octanol–water partition coefficient (Wildman–Crippen LogP) is 1.78. The SMILES string of the molecule is CC(C)COc1ccc(C2(C)NC(=O)N(CN3CCOCC3)C2=O)cc1. The fraction of sp³-hybridized carbons (Fsp3) is 0.579. The van der Waals surface area contributed by atoms with E-state index in [4.69, 9.17) is 9.47 Å². The molecule has 2 heterocycles. The maximum Gasteiger partial charge on any atom is 0.326 e. The minimum atomic E-state index is -1.06. The minimum Gasteiger partial charge on any atom is -0.493 e. The van der Waals surface area contributed by atoms with E-state index < -0.39 is 5.54 Å². The van der Waals surface area contributed by atoms with Gasteiger partial charge in [0.05, 0.1) is 26.5 Å². The number of imide groups is 1. The summed E-state index contributed by atoms with van der Waals surface area (Å²) in [7, 11) is 0. The van der Waals surface area contributed by atoms with E-state index in [1.807, 2.05) is 24.3 Å². The molecule has 7 nitrogen and oxygen atoms in total. The fourth-order valence-electron chi connectivity index (χ4n) is 3.11. The molecular formula is C19H27N3O4. The van der Waals surface area contributed by atoms with E-state index in [2.05, 4.69) is 24.1 Å². The van der Waals surface area contributed by atoms with Crippen LogP contribution >= 0.6 is 0 Å². The van der Waals surface area contributed by atoms with Gasteiger partial charge in [-0.15, -0.1) is 0 Å². The molecule has 1 aromatic carbocycles. The largest absolute Gasteiger partial charge is 0.493 e. The maximum atomic E-state index is 13.0. The molecule has 0 aromatic heterocycles. The Morgan fingerprint density at radius 3 is 2.46 bits per heavy atom. The van der Waals surface area contributed by atoms with E-state index in [-0.39, 0.29) is 11.9 Å². The molecule has 2 aliphatic heterocycles. The van der Waals surface area contributed by atoms with Crippen LogP contribution in [0.2, 0.25) is 0 Å². The zero-order valence-corrected chi connectivity index (χ0v) is 15.7.